The van der Waals surface area contributed by atoms with Crippen LogP contribution in [0.1, 0.15) is 19.8 Å². The molecule has 0 bridgehead atoms. The maximum Gasteiger partial charge on any atom is 0.247 e. The quantitative estimate of drug-likeness (QED) is 0.570. The topological polar surface area (TPSA) is 135 Å². The van der Waals surface area contributed by atoms with Crippen LogP contribution in [-0.4, -0.2) is 72.4 Å². The second-order valence-corrected chi connectivity index (χ2v) is 12.8. The van der Waals surface area contributed by atoms with E-state index in [0.717, 1.165) is 10.4 Å². The van der Waals surface area contributed by atoms with Gasteiger partial charge in [0.1, 0.15) is 10.6 Å². The first kappa shape index (κ1) is 22.0. The predicted octanol–water partition coefficient (Wildman–Crippen LogP) is -0.0406. The molecule has 2 fully saturated rings. The molecule has 0 unspecified atom stereocenters. The fourth-order valence-corrected chi connectivity index (χ4v) is 8.73. The number of rotatable bonds is 6. The predicted molar refractivity (Wildman–Crippen MR) is 106 cm³/mol. The number of sulfonamides is 2. The largest absolute Gasteiger partial charge is 0.495 e. The van der Waals surface area contributed by atoms with E-state index in [2.05, 4.69) is 0 Å². The van der Waals surface area contributed by atoms with Gasteiger partial charge < -0.3 is 4.74 Å². The molecule has 1 atom stereocenters. The van der Waals surface area contributed by atoms with Gasteiger partial charge in [-0.15, -0.1) is 0 Å². The fraction of sp³-hybridized carbons (Fsp3) is 0.562. The van der Waals surface area contributed by atoms with Gasteiger partial charge in [0.25, 0.3) is 0 Å². The number of carbonyl (C=O) groups is 1. The van der Waals surface area contributed by atoms with Crippen LogP contribution < -0.4 is 9.04 Å². The molecule has 162 valence electrons. The van der Waals surface area contributed by atoms with E-state index in [1.165, 1.54) is 19.2 Å². The van der Waals surface area contributed by atoms with Crippen LogP contribution in [0.5, 0.6) is 5.75 Å². The maximum absolute atomic E-state index is 13.3. The Morgan fingerprint density at radius 3 is 2.38 bits per heavy atom. The summed E-state index contributed by atoms with van der Waals surface area (Å²) in [7, 11) is -10.2. The molecule has 0 saturated carbocycles. The molecule has 2 aliphatic rings. The van der Waals surface area contributed by atoms with Gasteiger partial charge in [0.2, 0.25) is 26.0 Å². The molecule has 0 radical (unpaired) electrons. The lowest BCUT2D eigenvalue weighted by atomic mass is 10.3. The number of benzene rings is 1. The molecule has 0 N–H and O–H groups in total. The number of methoxy groups -OCH3 is 1. The van der Waals surface area contributed by atoms with Crippen molar-refractivity contribution < 1.29 is 34.8 Å². The molecular formula is C16H22N2O8S3. The molecule has 0 aromatic heterocycles. The van der Waals surface area contributed by atoms with E-state index in [1.807, 2.05) is 0 Å². The summed E-state index contributed by atoms with van der Waals surface area (Å²) in [6.07, 6.45) is -0.00609. The van der Waals surface area contributed by atoms with Crippen LogP contribution in [0.2, 0.25) is 0 Å². The third-order valence-corrected chi connectivity index (χ3v) is 10.5. The smallest absolute Gasteiger partial charge is 0.247 e. The molecule has 2 saturated heterocycles. The van der Waals surface area contributed by atoms with Gasteiger partial charge in [-0.1, -0.05) is 6.92 Å². The average Bonchev–Trinajstić information content (AvgIpc) is 3.12. The highest BCUT2D eigenvalue weighted by atomic mass is 32.2. The summed E-state index contributed by atoms with van der Waals surface area (Å²) in [5.41, 5.74) is -0.0954. The number of anilines is 1. The van der Waals surface area contributed by atoms with Crippen LogP contribution >= 0.6 is 0 Å². The summed E-state index contributed by atoms with van der Waals surface area (Å²) in [6, 6.07) is 2.94. The number of carbonyl (C=O) groups excluding carboxylic acids is 1. The zero-order valence-corrected chi connectivity index (χ0v) is 18.4. The van der Waals surface area contributed by atoms with Crippen LogP contribution in [0.3, 0.4) is 0 Å². The second kappa shape index (κ2) is 7.52. The minimum absolute atomic E-state index is 0.0246. The first-order valence-corrected chi connectivity index (χ1v) is 13.8. The van der Waals surface area contributed by atoms with Gasteiger partial charge in [-0.3, -0.25) is 4.79 Å². The molecule has 3 rings (SSSR count). The second-order valence-electron chi connectivity index (χ2n) is 6.82. The van der Waals surface area contributed by atoms with E-state index in [-0.39, 0.29) is 53.0 Å². The Labute approximate surface area is 170 Å². The normalized spacial score (nSPS) is 23.6. The number of hydrogen-bond donors (Lipinski definition) is 0. The standard InChI is InChI=1S/C16H22N2O8S3/c1-3-17(13-6-8-27(20,21)11-13)29(24,25)15-10-12(4-5-14(15)26-2)18-16(19)7-9-28(18,22)23/h4-5,10,13H,3,6-9,11H2,1-2H3/t13-/m1/s1. The van der Waals surface area contributed by atoms with Crippen molar-refractivity contribution in [3.63, 3.8) is 0 Å². The summed E-state index contributed by atoms with van der Waals surface area (Å²) < 4.78 is 81.6. The molecule has 0 aliphatic carbocycles. The van der Waals surface area contributed by atoms with E-state index < -0.39 is 41.8 Å². The zero-order valence-electron chi connectivity index (χ0n) is 15.9. The maximum atomic E-state index is 13.3. The highest BCUT2D eigenvalue weighted by Gasteiger charge is 2.41. The molecule has 10 nitrogen and oxygen atoms in total. The van der Waals surface area contributed by atoms with E-state index in [9.17, 15) is 30.0 Å². The number of nitrogens with zero attached hydrogens (tertiary/aromatic N) is 2. The van der Waals surface area contributed by atoms with Crippen LogP contribution in [0.15, 0.2) is 23.1 Å². The van der Waals surface area contributed by atoms with Crippen LogP contribution in [0.25, 0.3) is 0 Å². The average molecular weight is 467 g/mol. The molecular weight excluding hydrogens is 444 g/mol. The molecule has 2 aliphatic heterocycles. The Hall–Kier alpha value is -1.70. The summed E-state index contributed by atoms with van der Waals surface area (Å²) in [6.45, 7) is 1.62. The van der Waals surface area contributed by atoms with E-state index in [0.29, 0.717) is 4.31 Å². The van der Waals surface area contributed by atoms with Gasteiger partial charge in [0, 0.05) is 19.0 Å². The lowest BCUT2D eigenvalue weighted by Crippen LogP contribution is -2.41. The molecule has 1 amide bonds. The van der Waals surface area contributed by atoms with Crippen molar-refractivity contribution >= 4 is 41.5 Å². The van der Waals surface area contributed by atoms with E-state index in [1.54, 1.807) is 6.92 Å². The molecule has 29 heavy (non-hydrogen) atoms. The molecule has 1 aromatic rings. The van der Waals surface area contributed by atoms with Crippen molar-refractivity contribution in [2.75, 3.05) is 35.2 Å². The Bertz CT molecular complexity index is 1140. The van der Waals surface area contributed by atoms with Crippen molar-refractivity contribution in [2.24, 2.45) is 0 Å². The van der Waals surface area contributed by atoms with Crippen LogP contribution in [0, 0.1) is 0 Å². The van der Waals surface area contributed by atoms with Crippen molar-refractivity contribution in [3.8, 4) is 5.75 Å². The minimum atomic E-state index is -4.22. The van der Waals surface area contributed by atoms with Gasteiger partial charge in [-0.2, -0.15) is 4.31 Å². The Morgan fingerprint density at radius 1 is 1.21 bits per heavy atom. The van der Waals surface area contributed by atoms with Crippen molar-refractivity contribution in [1.82, 2.24) is 4.31 Å². The number of ether oxygens (including phenoxy) is 1. The fourth-order valence-electron chi connectivity index (χ4n) is 3.62. The van der Waals surface area contributed by atoms with Crippen LogP contribution in [-0.2, 0) is 34.7 Å². The highest BCUT2D eigenvalue weighted by molar-refractivity contribution is 7.94. The third kappa shape index (κ3) is 4.00. The lowest BCUT2D eigenvalue weighted by Gasteiger charge is -2.27. The number of hydrogen-bond acceptors (Lipinski definition) is 8. The first-order chi connectivity index (χ1) is 13.4. The number of sulfone groups is 1. The van der Waals surface area contributed by atoms with E-state index in [4.69, 9.17) is 4.74 Å². The van der Waals surface area contributed by atoms with E-state index >= 15 is 0 Å². The monoisotopic (exact) mass is 466 g/mol. The third-order valence-electron chi connectivity index (χ3n) is 4.97. The van der Waals surface area contributed by atoms with Gasteiger partial charge in [-0.25, -0.2) is 29.6 Å². The highest BCUT2D eigenvalue weighted by Crippen LogP contribution is 2.35. The van der Waals surface area contributed by atoms with Crippen molar-refractivity contribution in [3.05, 3.63) is 18.2 Å². The minimum Gasteiger partial charge on any atom is -0.495 e. The summed E-state index contributed by atoms with van der Waals surface area (Å²) in [4.78, 5) is 11.7. The zero-order chi connectivity index (χ0) is 21.6. The Kier molecular flexibility index (Phi) is 5.71. The van der Waals surface area contributed by atoms with Crippen LogP contribution in [0.4, 0.5) is 5.69 Å². The molecule has 1 aromatic carbocycles. The lowest BCUT2D eigenvalue weighted by molar-refractivity contribution is -0.116. The summed E-state index contributed by atoms with van der Waals surface area (Å²) >= 11 is 0. The van der Waals surface area contributed by atoms with Crippen molar-refractivity contribution in [1.29, 1.82) is 0 Å². The van der Waals surface area contributed by atoms with Gasteiger partial charge >= 0.3 is 0 Å². The summed E-state index contributed by atoms with van der Waals surface area (Å²) in [5.74, 6) is -1.39. The first-order valence-electron chi connectivity index (χ1n) is 8.89. The Morgan fingerprint density at radius 2 is 1.90 bits per heavy atom. The molecule has 2 heterocycles. The van der Waals surface area contributed by atoms with Gasteiger partial charge in [-0.05, 0) is 24.6 Å². The van der Waals surface area contributed by atoms with Crippen molar-refractivity contribution in [2.45, 2.75) is 30.7 Å². The summed E-state index contributed by atoms with van der Waals surface area (Å²) in [5, 5.41) is 0. The van der Waals surface area contributed by atoms with Gasteiger partial charge in [0.15, 0.2) is 9.84 Å². The SMILES string of the molecule is CCN([C@@H]1CCS(=O)(=O)C1)S(=O)(=O)c1cc(N2C(=O)CCS2(=O)=O)ccc1OC. The number of amides is 1. The Balaban J connectivity index is 2.09. The molecule has 13 heteroatoms. The molecule has 0 spiro atoms. The van der Waals surface area contributed by atoms with Gasteiger partial charge in [0.05, 0.1) is 30.1 Å².